The van der Waals surface area contributed by atoms with E-state index in [9.17, 15) is 4.79 Å². The highest BCUT2D eigenvalue weighted by Gasteiger charge is 2.29. The maximum atomic E-state index is 12.5. The largest absolute Gasteiger partial charge is 0.340 e. The summed E-state index contributed by atoms with van der Waals surface area (Å²) < 4.78 is 0. The Hall–Kier alpha value is -1.35. The van der Waals surface area contributed by atoms with E-state index in [1.54, 1.807) is 0 Å². The third-order valence-corrected chi connectivity index (χ3v) is 4.26. The highest BCUT2D eigenvalue weighted by Crippen LogP contribution is 2.18. The van der Waals surface area contributed by atoms with E-state index in [0.717, 1.165) is 19.4 Å². The first kappa shape index (κ1) is 15.0. The number of nitrogens with zero attached hydrogens (tertiary/aromatic N) is 1. The van der Waals surface area contributed by atoms with Crippen molar-refractivity contribution in [3.63, 3.8) is 0 Å². The Morgan fingerprint density at radius 3 is 2.55 bits per heavy atom. The molecule has 1 fully saturated rings. The topological polar surface area (TPSA) is 32.3 Å². The van der Waals surface area contributed by atoms with Crippen LogP contribution >= 0.6 is 0 Å². The van der Waals surface area contributed by atoms with E-state index in [0.29, 0.717) is 12.5 Å². The van der Waals surface area contributed by atoms with E-state index in [1.165, 1.54) is 17.5 Å². The maximum Gasteiger partial charge on any atom is 0.240 e. The van der Waals surface area contributed by atoms with Gasteiger partial charge in [-0.2, -0.15) is 0 Å². The van der Waals surface area contributed by atoms with E-state index in [1.807, 2.05) is 11.9 Å². The lowest BCUT2D eigenvalue weighted by atomic mass is 9.92. The molecule has 20 heavy (non-hydrogen) atoms. The SMILES string of the molecule is CCc1ccc(CN(C)C(=O)C2NCCCC2C)cc1. The molecular weight excluding hydrogens is 248 g/mol. The summed E-state index contributed by atoms with van der Waals surface area (Å²) >= 11 is 0. The van der Waals surface area contributed by atoms with Crippen LogP contribution in [0.25, 0.3) is 0 Å². The minimum absolute atomic E-state index is 0.0105. The molecule has 110 valence electrons. The number of piperidine rings is 1. The molecule has 3 heteroatoms. The number of carbonyl (C=O) groups is 1. The summed E-state index contributed by atoms with van der Waals surface area (Å²) in [5, 5.41) is 3.36. The van der Waals surface area contributed by atoms with Gasteiger partial charge in [-0.25, -0.2) is 0 Å². The fourth-order valence-corrected chi connectivity index (χ4v) is 2.85. The third-order valence-electron chi connectivity index (χ3n) is 4.26. The number of benzene rings is 1. The zero-order chi connectivity index (χ0) is 14.5. The van der Waals surface area contributed by atoms with E-state index in [-0.39, 0.29) is 11.9 Å². The van der Waals surface area contributed by atoms with E-state index in [2.05, 4.69) is 43.4 Å². The van der Waals surface area contributed by atoms with Gasteiger partial charge in [0.15, 0.2) is 0 Å². The quantitative estimate of drug-likeness (QED) is 0.915. The molecular formula is C17H26N2O. The third kappa shape index (κ3) is 3.60. The van der Waals surface area contributed by atoms with Gasteiger partial charge in [0.1, 0.15) is 0 Å². The number of aryl methyl sites for hydroxylation is 1. The normalized spacial score (nSPS) is 22.6. The van der Waals surface area contributed by atoms with Gasteiger partial charge in [0.25, 0.3) is 0 Å². The minimum atomic E-state index is -0.0105. The van der Waals surface area contributed by atoms with Crippen molar-refractivity contribution in [2.45, 2.75) is 45.7 Å². The molecule has 3 nitrogen and oxygen atoms in total. The van der Waals surface area contributed by atoms with Crippen LogP contribution in [0.5, 0.6) is 0 Å². The van der Waals surface area contributed by atoms with Gasteiger partial charge in [-0.3, -0.25) is 4.79 Å². The van der Waals surface area contributed by atoms with Crippen LogP contribution in [-0.2, 0) is 17.8 Å². The fourth-order valence-electron chi connectivity index (χ4n) is 2.85. The van der Waals surface area contributed by atoms with Crippen molar-refractivity contribution < 1.29 is 4.79 Å². The summed E-state index contributed by atoms with van der Waals surface area (Å²) in [7, 11) is 1.90. The van der Waals surface area contributed by atoms with Crippen LogP contribution in [0.4, 0.5) is 0 Å². The number of nitrogens with one attached hydrogen (secondary N) is 1. The first-order valence-electron chi connectivity index (χ1n) is 7.68. The number of rotatable bonds is 4. The second kappa shape index (κ2) is 6.89. The molecule has 0 bridgehead atoms. The zero-order valence-electron chi connectivity index (χ0n) is 12.9. The van der Waals surface area contributed by atoms with Crippen molar-refractivity contribution in [2.24, 2.45) is 5.92 Å². The molecule has 1 heterocycles. The number of hydrogen-bond donors (Lipinski definition) is 1. The Morgan fingerprint density at radius 2 is 1.95 bits per heavy atom. The molecule has 0 aliphatic carbocycles. The molecule has 1 N–H and O–H groups in total. The minimum Gasteiger partial charge on any atom is -0.340 e. The second-order valence-electron chi connectivity index (χ2n) is 5.92. The Labute approximate surface area is 122 Å². The van der Waals surface area contributed by atoms with Crippen LogP contribution in [0.15, 0.2) is 24.3 Å². The highest BCUT2D eigenvalue weighted by molar-refractivity contribution is 5.82. The van der Waals surface area contributed by atoms with Crippen molar-refractivity contribution in [3.05, 3.63) is 35.4 Å². The summed E-state index contributed by atoms with van der Waals surface area (Å²) in [6.07, 6.45) is 3.37. The van der Waals surface area contributed by atoms with Gasteiger partial charge >= 0.3 is 0 Å². The predicted octanol–water partition coefficient (Wildman–Crippen LogP) is 2.60. The van der Waals surface area contributed by atoms with Gasteiger partial charge in [0, 0.05) is 13.6 Å². The standard InChI is InChI=1S/C17H26N2O/c1-4-14-7-9-15(10-8-14)12-19(3)17(20)16-13(2)6-5-11-18-16/h7-10,13,16,18H,4-6,11-12H2,1-3H3. The van der Waals surface area contributed by atoms with Crippen LogP contribution in [0.3, 0.4) is 0 Å². The summed E-state index contributed by atoms with van der Waals surface area (Å²) in [4.78, 5) is 14.3. The first-order valence-corrected chi connectivity index (χ1v) is 7.68. The molecule has 1 aromatic rings. The van der Waals surface area contributed by atoms with Crippen LogP contribution in [0.2, 0.25) is 0 Å². The first-order chi connectivity index (χ1) is 9.61. The average molecular weight is 274 g/mol. The summed E-state index contributed by atoms with van der Waals surface area (Å²) in [5.41, 5.74) is 2.53. The molecule has 1 saturated heterocycles. The monoisotopic (exact) mass is 274 g/mol. The molecule has 2 unspecified atom stereocenters. The zero-order valence-corrected chi connectivity index (χ0v) is 12.9. The van der Waals surface area contributed by atoms with Gasteiger partial charge in [0.2, 0.25) is 5.91 Å². The average Bonchev–Trinajstić information content (AvgIpc) is 2.48. The Kier molecular flexibility index (Phi) is 5.18. The lowest BCUT2D eigenvalue weighted by Crippen LogP contribution is -2.51. The Morgan fingerprint density at radius 1 is 1.30 bits per heavy atom. The van der Waals surface area contributed by atoms with Crippen molar-refractivity contribution in [3.8, 4) is 0 Å². The van der Waals surface area contributed by atoms with Gasteiger partial charge in [-0.1, -0.05) is 38.1 Å². The van der Waals surface area contributed by atoms with Gasteiger partial charge in [0.05, 0.1) is 6.04 Å². The molecule has 1 amide bonds. The molecule has 2 rings (SSSR count). The highest BCUT2D eigenvalue weighted by atomic mass is 16.2. The summed E-state index contributed by atoms with van der Waals surface area (Å²) in [5.74, 6) is 0.651. The van der Waals surface area contributed by atoms with Crippen molar-refractivity contribution >= 4 is 5.91 Å². The second-order valence-corrected chi connectivity index (χ2v) is 5.92. The fraction of sp³-hybridized carbons (Fsp3) is 0.588. The number of amides is 1. The Balaban J connectivity index is 1.95. The van der Waals surface area contributed by atoms with E-state index < -0.39 is 0 Å². The summed E-state index contributed by atoms with van der Waals surface area (Å²) in [6, 6.07) is 8.54. The summed E-state index contributed by atoms with van der Waals surface area (Å²) in [6.45, 7) is 5.97. The molecule has 1 aliphatic rings. The van der Waals surface area contributed by atoms with Gasteiger partial charge in [-0.05, 0) is 42.9 Å². The number of hydrogen-bond acceptors (Lipinski definition) is 2. The molecule has 1 aromatic carbocycles. The number of carbonyl (C=O) groups excluding carboxylic acids is 1. The van der Waals surface area contributed by atoms with Crippen LogP contribution < -0.4 is 5.32 Å². The van der Waals surface area contributed by atoms with Crippen LogP contribution in [-0.4, -0.2) is 30.4 Å². The van der Waals surface area contributed by atoms with Crippen molar-refractivity contribution in [1.82, 2.24) is 10.2 Å². The van der Waals surface area contributed by atoms with Crippen molar-refractivity contribution in [1.29, 1.82) is 0 Å². The molecule has 0 aromatic heterocycles. The molecule has 2 atom stereocenters. The van der Waals surface area contributed by atoms with Crippen molar-refractivity contribution in [2.75, 3.05) is 13.6 Å². The maximum absolute atomic E-state index is 12.5. The lowest BCUT2D eigenvalue weighted by Gasteiger charge is -2.32. The molecule has 0 radical (unpaired) electrons. The van der Waals surface area contributed by atoms with Gasteiger partial charge in [-0.15, -0.1) is 0 Å². The van der Waals surface area contributed by atoms with E-state index in [4.69, 9.17) is 0 Å². The van der Waals surface area contributed by atoms with Crippen LogP contribution in [0.1, 0.15) is 37.8 Å². The number of likely N-dealkylation sites (N-methyl/N-ethyl adjacent to an activating group) is 1. The van der Waals surface area contributed by atoms with Gasteiger partial charge < -0.3 is 10.2 Å². The Bertz CT molecular complexity index is 441. The molecule has 0 spiro atoms. The smallest absolute Gasteiger partial charge is 0.240 e. The van der Waals surface area contributed by atoms with Crippen LogP contribution in [0, 0.1) is 5.92 Å². The lowest BCUT2D eigenvalue weighted by molar-refractivity contribution is -0.134. The predicted molar refractivity (Wildman–Crippen MR) is 82.5 cm³/mol. The molecule has 1 aliphatic heterocycles. The molecule has 0 saturated carbocycles. The van der Waals surface area contributed by atoms with E-state index >= 15 is 0 Å².